The SMILES string of the molecule is CCn1nccc1CNCc1cc(-c2ccccc2F)n[nH]1. The molecule has 0 saturated heterocycles. The Morgan fingerprint density at radius 1 is 1.23 bits per heavy atom. The van der Waals surface area contributed by atoms with Crippen molar-refractivity contribution in [1.29, 1.82) is 0 Å². The highest BCUT2D eigenvalue weighted by molar-refractivity contribution is 5.59. The lowest BCUT2D eigenvalue weighted by Crippen LogP contribution is -2.16. The molecular weight excluding hydrogens is 281 g/mol. The van der Waals surface area contributed by atoms with Crippen LogP contribution in [0, 0.1) is 5.82 Å². The molecule has 0 fully saturated rings. The predicted octanol–water partition coefficient (Wildman–Crippen LogP) is 2.72. The van der Waals surface area contributed by atoms with Crippen molar-refractivity contribution in [2.24, 2.45) is 0 Å². The first kappa shape index (κ1) is 14.5. The Kier molecular flexibility index (Phi) is 4.29. The number of aryl methyl sites for hydroxylation is 1. The average molecular weight is 299 g/mol. The van der Waals surface area contributed by atoms with Gasteiger partial charge in [0.05, 0.1) is 11.4 Å². The zero-order valence-electron chi connectivity index (χ0n) is 12.4. The van der Waals surface area contributed by atoms with E-state index in [4.69, 9.17) is 0 Å². The summed E-state index contributed by atoms with van der Waals surface area (Å²) in [4.78, 5) is 0. The summed E-state index contributed by atoms with van der Waals surface area (Å²) < 4.78 is 15.7. The van der Waals surface area contributed by atoms with Crippen molar-refractivity contribution in [2.75, 3.05) is 0 Å². The lowest BCUT2D eigenvalue weighted by Gasteiger charge is -2.05. The zero-order valence-corrected chi connectivity index (χ0v) is 12.4. The molecule has 6 heteroatoms. The van der Waals surface area contributed by atoms with Crippen LogP contribution >= 0.6 is 0 Å². The summed E-state index contributed by atoms with van der Waals surface area (Å²) in [5.74, 6) is -0.264. The Balaban J connectivity index is 1.62. The van der Waals surface area contributed by atoms with Crippen LogP contribution in [0.4, 0.5) is 4.39 Å². The smallest absolute Gasteiger partial charge is 0.132 e. The van der Waals surface area contributed by atoms with Crippen LogP contribution in [0.2, 0.25) is 0 Å². The van der Waals surface area contributed by atoms with Crippen LogP contribution in [0.15, 0.2) is 42.6 Å². The van der Waals surface area contributed by atoms with Gasteiger partial charge in [0.25, 0.3) is 0 Å². The number of hydrogen-bond acceptors (Lipinski definition) is 3. The van der Waals surface area contributed by atoms with Gasteiger partial charge in [-0.25, -0.2) is 4.39 Å². The largest absolute Gasteiger partial charge is 0.306 e. The summed E-state index contributed by atoms with van der Waals surface area (Å²) in [6.07, 6.45) is 1.80. The van der Waals surface area contributed by atoms with E-state index in [9.17, 15) is 4.39 Å². The first-order valence-corrected chi connectivity index (χ1v) is 7.28. The lowest BCUT2D eigenvalue weighted by atomic mass is 10.1. The van der Waals surface area contributed by atoms with Gasteiger partial charge in [0.15, 0.2) is 0 Å². The van der Waals surface area contributed by atoms with Gasteiger partial charge < -0.3 is 5.32 Å². The van der Waals surface area contributed by atoms with E-state index >= 15 is 0 Å². The van der Waals surface area contributed by atoms with Gasteiger partial charge in [0, 0.05) is 37.1 Å². The molecule has 114 valence electrons. The molecule has 0 spiro atoms. The molecule has 5 nitrogen and oxygen atoms in total. The molecule has 3 rings (SSSR count). The average Bonchev–Trinajstić information content (AvgIpc) is 3.17. The highest BCUT2D eigenvalue weighted by atomic mass is 19.1. The van der Waals surface area contributed by atoms with Crippen molar-refractivity contribution in [3.8, 4) is 11.3 Å². The minimum atomic E-state index is -0.264. The molecule has 0 bridgehead atoms. The number of nitrogens with zero attached hydrogens (tertiary/aromatic N) is 3. The molecule has 1 aromatic carbocycles. The van der Waals surface area contributed by atoms with Gasteiger partial charge in [-0.2, -0.15) is 10.2 Å². The Morgan fingerprint density at radius 2 is 2.09 bits per heavy atom. The van der Waals surface area contributed by atoms with E-state index in [1.54, 1.807) is 24.4 Å². The van der Waals surface area contributed by atoms with E-state index < -0.39 is 0 Å². The lowest BCUT2D eigenvalue weighted by molar-refractivity contribution is 0.578. The maximum atomic E-state index is 13.7. The van der Waals surface area contributed by atoms with E-state index in [2.05, 4.69) is 27.5 Å². The van der Waals surface area contributed by atoms with Crippen LogP contribution in [0.3, 0.4) is 0 Å². The molecule has 2 heterocycles. The second-order valence-corrected chi connectivity index (χ2v) is 5.00. The minimum absolute atomic E-state index is 0.264. The predicted molar refractivity (Wildman–Crippen MR) is 82.4 cm³/mol. The summed E-state index contributed by atoms with van der Waals surface area (Å²) in [5.41, 5.74) is 3.18. The third-order valence-electron chi connectivity index (χ3n) is 3.51. The van der Waals surface area contributed by atoms with Gasteiger partial charge in [0.2, 0.25) is 0 Å². The Hall–Kier alpha value is -2.47. The first-order chi connectivity index (χ1) is 10.8. The van der Waals surface area contributed by atoms with E-state index in [1.807, 2.05) is 16.8 Å². The van der Waals surface area contributed by atoms with Crippen LogP contribution in [0.25, 0.3) is 11.3 Å². The summed E-state index contributed by atoms with van der Waals surface area (Å²) in [7, 11) is 0. The summed E-state index contributed by atoms with van der Waals surface area (Å²) in [5, 5.41) is 14.7. The van der Waals surface area contributed by atoms with E-state index in [0.717, 1.165) is 24.5 Å². The summed E-state index contributed by atoms with van der Waals surface area (Å²) in [6, 6.07) is 10.5. The van der Waals surface area contributed by atoms with E-state index in [1.165, 1.54) is 6.07 Å². The topological polar surface area (TPSA) is 58.5 Å². The van der Waals surface area contributed by atoms with E-state index in [0.29, 0.717) is 17.8 Å². The number of nitrogens with one attached hydrogen (secondary N) is 2. The van der Waals surface area contributed by atoms with Crippen LogP contribution < -0.4 is 5.32 Å². The van der Waals surface area contributed by atoms with Crippen LogP contribution in [0.5, 0.6) is 0 Å². The van der Waals surface area contributed by atoms with Crippen molar-refractivity contribution in [2.45, 2.75) is 26.6 Å². The van der Waals surface area contributed by atoms with E-state index in [-0.39, 0.29) is 5.82 Å². The molecule has 0 aliphatic rings. The molecule has 3 aromatic rings. The molecule has 0 radical (unpaired) electrons. The third kappa shape index (κ3) is 3.07. The van der Waals surface area contributed by atoms with Crippen LogP contribution in [-0.2, 0) is 19.6 Å². The fraction of sp³-hybridized carbons (Fsp3) is 0.250. The van der Waals surface area contributed by atoms with Crippen molar-refractivity contribution >= 4 is 0 Å². The highest BCUT2D eigenvalue weighted by Gasteiger charge is 2.08. The monoisotopic (exact) mass is 299 g/mol. The van der Waals surface area contributed by atoms with Crippen molar-refractivity contribution in [3.63, 3.8) is 0 Å². The fourth-order valence-corrected chi connectivity index (χ4v) is 2.38. The second-order valence-electron chi connectivity index (χ2n) is 5.00. The molecule has 0 saturated carbocycles. The molecular formula is C16H18FN5. The summed E-state index contributed by atoms with van der Waals surface area (Å²) in [6.45, 7) is 4.27. The number of H-pyrrole nitrogens is 1. The molecule has 0 aliphatic heterocycles. The van der Waals surface area contributed by atoms with Gasteiger partial charge >= 0.3 is 0 Å². The van der Waals surface area contributed by atoms with Gasteiger partial charge in [-0.3, -0.25) is 9.78 Å². The second kappa shape index (κ2) is 6.53. The standard InChI is InChI=1S/C16H18FN5/c1-2-22-13(7-8-19-22)11-18-10-12-9-16(21-20-12)14-5-3-4-6-15(14)17/h3-9,18H,2,10-11H2,1H3,(H,20,21). The number of aromatic amines is 1. The van der Waals surface area contributed by atoms with Gasteiger partial charge in [0.1, 0.15) is 5.82 Å². The number of hydrogen-bond donors (Lipinski definition) is 2. The maximum Gasteiger partial charge on any atom is 0.132 e. The van der Waals surface area contributed by atoms with Crippen LogP contribution in [0.1, 0.15) is 18.3 Å². The fourth-order valence-electron chi connectivity index (χ4n) is 2.38. The number of aromatic nitrogens is 4. The minimum Gasteiger partial charge on any atom is -0.306 e. The number of rotatable bonds is 6. The van der Waals surface area contributed by atoms with Crippen molar-refractivity contribution < 1.29 is 4.39 Å². The number of benzene rings is 1. The van der Waals surface area contributed by atoms with Gasteiger partial charge in [-0.15, -0.1) is 0 Å². The summed E-state index contributed by atoms with van der Waals surface area (Å²) >= 11 is 0. The van der Waals surface area contributed by atoms with Gasteiger partial charge in [-0.05, 0) is 31.2 Å². The Bertz CT molecular complexity index is 746. The molecule has 0 atom stereocenters. The Labute approximate surface area is 128 Å². The van der Waals surface area contributed by atoms with Crippen LogP contribution in [-0.4, -0.2) is 20.0 Å². The molecule has 0 aliphatic carbocycles. The maximum absolute atomic E-state index is 13.7. The first-order valence-electron chi connectivity index (χ1n) is 7.28. The molecule has 2 aromatic heterocycles. The van der Waals surface area contributed by atoms with Crippen molar-refractivity contribution in [3.05, 3.63) is 59.8 Å². The zero-order chi connectivity index (χ0) is 15.4. The normalized spacial score (nSPS) is 11.0. The highest BCUT2D eigenvalue weighted by Crippen LogP contribution is 2.20. The third-order valence-corrected chi connectivity index (χ3v) is 3.51. The quantitative estimate of drug-likeness (QED) is 0.736. The molecule has 0 amide bonds. The van der Waals surface area contributed by atoms with Crippen molar-refractivity contribution in [1.82, 2.24) is 25.3 Å². The Morgan fingerprint density at radius 3 is 2.91 bits per heavy atom. The number of halogens is 1. The molecule has 0 unspecified atom stereocenters. The van der Waals surface area contributed by atoms with Gasteiger partial charge in [-0.1, -0.05) is 12.1 Å². The molecule has 22 heavy (non-hydrogen) atoms. The molecule has 2 N–H and O–H groups in total.